The summed E-state index contributed by atoms with van der Waals surface area (Å²) in [5.41, 5.74) is 10.1. The van der Waals surface area contributed by atoms with Gasteiger partial charge in [-0.1, -0.05) is 130 Å². The van der Waals surface area contributed by atoms with Crippen LogP contribution in [-0.2, 0) is 24.5 Å². The monoisotopic (exact) mass is 962 g/mol. The van der Waals surface area contributed by atoms with Gasteiger partial charge < -0.3 is 14.6 Å². The summed E-state index contributed by atoms with van der Waals surface area (Å²) in [5, 5.41) is 9.17. The molecule has 9 nitrogen and oxygen atoms in total. The Morgan fingerprint density at radius 1 is 0.618 bits per heavy atom. The molecule has 0 saturated carbocycles. The van der Waals surface area contributed by atoms with Crippen molar-refractivity contribution < 1.29 is 58.6 Å². The molecule has 16 heteroatoms. The number of halogens is 6. The molecular formula is C52H52F6N2O7S. The highest BCUT2D eigenvalue weighted by Crippen LogP contribution is 2.63. The zero-order valence-corrected chi connectivity index (χ0v) is 38.9. The molecule has 2 aliphatic heterocycles. The SMILES string of the molecule is Cc1cc(C(C)(C)C)cc(C)c1S(F)(F)F.O=C(F)[C@@H]1C[C@@H](F)CN1C(=O)OCC1c2ccccc2-c2ccccc21.O=C(O)[C@@H]1C[C@@H](F)CN1C(=O)OCC1c2ccccc2-c2ccccc21. The van der Waals surface area contributed by atoms with E-state index in [0.29, 0.717) is 11.1 Å². The summed E-state index contributed by atoms with van der Waals surface area (Å²) in [6.45, 7) is 8.66. The van der Waals surface area contributed by atoms with Crippen LogP contribution < -0.4 is 0 Å². The second kappa shape index (κ2) is 20.1. The van der Waals surface area contributed by atoms with E-state index in [9.17, 15) is 49.1 Å². The smallest absolute Gasteiger partial charge is 0.410 e. The van der Waals surface area contributed by atoms with Gasteiger partial charge in [0.05, 0.1) is 18.0 Å². The molecule has 2 saturated heterocycles. The Morgan fingerprint density at radius 2 is 0.956 bits per heavy atom. The van der Waals surface area contributed by atoms with E-state index in [1.165, 1.54) is 13.8 Å². The third-order valence-electron chi connectivity index (χ3n) is 12.7. The van der Waals surface area contributed by atoms with E-state index >= 15 is 0 Å². The lowest BCUT2D eigenvalue weighted by atomic mass is 9.85. The van der Waals surface area contributed by atoms with Crippen LogP contribution >= 0.6 is 11.2 Å². The summed E-state index contributed by atoms with van der Waals surface area (Å²) in [6.07, 6.45) is -4.90. The predicted octanol–water partition coefficient (Wildman–Crippen LogP) is 12.7. The molecule has 5 aromatic carbocycles. The van der Waals surface area contributed by atoms with Gasteiger partial charge in [-0.05, 0) is 80.5 Å². The molecule has 0 unspecified atom stereocenters. The van der Waals surface area contributed by atoms with E-state index in [4.69, 9.17) is 9.47 Å². The maximum absolute atomic E-state index is 13.6. The largest absolute Gasteiger partial charge is 0.480 e. The number of amides is 2. The molecule has 68 heavy (non-hydrogen) atoms. The Bertz CT molecular complexity index is 2450. The third-order valence-corrected chi connectivity index (χ3v) is 13.9. The van der Waals surface area contributed by atoms with Gasteiger partial charge in [0.1, 0.15) is 37.6 Å². The summed E-state index contributed by atoms with van der Waals surface area (Å²) in [5.74, 6) is -1.47. The fraction of sp³-hybridized carbons (Fsp3) is 0.346. The number of carbonyl (C=O) groups is 4. The van der Waals surface area contributed by atoms with Crippen LogP contribution in [0.1, 0.15) is 84.4 Å². The molecule has 4 atom stereocenters. The van der Waals surface area contributed by atoms with Crippen molar-refractivity contribution in [1.29, 1.82) is 0 Å². The maximum atomic E-state index is 13.6. The van der Waals surface area contributed by atoms with Gasteiger partial charge in [-0.25, -0.2) is 23.2 Å². The number of aryl methyl sites for hydroxylation is 2. The molecular weight excluding hydrogens is 911 g/mol. The molecule has 0 radical (unpaired) electrons. The number of aliphatic carboxylic acids is 1. The van der Waals surface area contributed by atoms with E-state index in [-0.39, 0.29) is 56.4 Å². The van der Waals surface area contributed by atoms with Crippen molar-refractivity contribution in [3.8, 4) is 22.3 Å². The van der Waals surface area contributed by atoms with Gasteiger partial charge in [0.25, 0.3) is 0 Å². The van der Waals surface area contributed by atoms with Crippen LogP contribution in [0.4, 0.5) is 34.4 Å². The molecule has 360 valence electrons. The Morgan fingerprint density at radius 3 is 1.28 bits per heavy atom. The molecule has 2 aliphatic carbocycles. The number of alkyl halides is 2. The van der Waals surface area contributed by atoms with Crippen molar-refractivity contribution in [1.82, 2.24) is 9.80 Å². The molecule has 0 aromatic heterocycles. The summed E-state index contributed by atoms with van der Waals surface area (Å²) in [4.78, 5) is 48.3. The van der Waals surface area contributed by atoms with Gasteiger partial charge in [-0.3, -0.25) is 14.6 Å². The van der Waals surface area contributed by atoms with Crippen LogP contribution in [0, 0.1) is 13.8 Å². The number of ether oxygens (including phenoxy) is 2. The number of carboxylic acids is 1. The van der Waals surface area contributed by atoms with Crippen molar-refractivity contribution in [3.05, 3.63) is 148 Å². The van der Waals surface area contributed by atoms with Crippen LogP contribution in [0.25, 0.3) is 22.3 Å². The van der Waals surface area contributed by atoms with Crippen molar-refractivity contribution >= 4 is 35.4 Å². The number of likely N-dealkylation sites (tertiary alicyclic amines) is 2. The molecule has 5 aromatic rings. The van der Waals surface area contributed by atoms with E-state index in [0.717, 1.165) is 59.9 Å². The lowest BCUT2D eigenvalue weighted by Gasteiger charge is -2.23. The minimum absolute atomic E-state index is 0.0491. The van der Waals surface area contributed by atoms with Crippen molar-refractivity contribution in [3.63, 3.8) is 0 Å². The number of hydrogen-bond acceptors (Lipinski definition) is 6. The molecule has 1 N–H and O–H groups in total. The van der Waals surface area contributed by atoms with E-state index in [2.05, 4.69) is 0 Å². The summed E-state index contributed by atoms with van der Waals surface area (Å²) < 4.78 is 89.4. The summed E-state index contributed by atoms with van der Waals surface area (Å²) in [7, 11) is 0. The highest BCUT2D eigenvalue weighted by Gasteiger charge is 2.43. The maximum Gasteiger partial charge on any atom is 0.410 e. The zero-order valence-electron chi connectivity index (χ0n) is 38.1. The van der Waals surface area contributed by atoms with E-state index in [1.54, 1.807) is 12.1 Å². The fourth-order valence-electron chi connectivity index (χ4n) is 9.52. The average molecular weight is 963 g/mol. The van der Waals surface area contributed by atoms with Crippen LogP contribution in [0.2, 0.25) is 0 Å². The van der Waals surface area contributed by atoms with Crippen molar-refractivity contribution in [2.24, 2.45) is 0 Å². The molecule has 2 amide bonds. The highest BCUT2D eigenvalue weighted by atomic mass is 32.3. The van der Waals surface area contributed by atoms with Crippen LogP contribution in [0.5, 0.6) is 0 Å². The molecule has 0 bridgehead atoms. The van der Waals surface area contributed by atoms with Gasteiger partial charge in [0.15, 0.2) is 0 Å². The Kier molecular flexibility index (Phi) is 14.7. The molecule has 2 fully saturated rings. The van der Waals surface area contributed by atoms with Crippen molar-refractivity contribution in [2.75, 3.05) is 26.3 Å². The normalized spacial score (nSPS) is 19.6. The van der Waals surface area contributed by atoms with E-state index < -0.39 is 64.7 Å². The number of benzene rings is 5. The fourth-order valence-corrected chi connectivity index (χ4v) is 10.4. The number of carbonyl (C=O) groups excluding carboxylic acids is 3. The van der Waals surface area contributed by atoms with Crippen LogP contribution in [-0.4, -0.2) is 89.8 Å². The predicted molar refractivity (Wildman–Crippen MR) is 248 cm³/mol. The van der Waals surface area contributed by atoms with Crippen LogP contribution in [0.15, 0.2) is 114 Å². The number of carboxylic acid groups (broad SMARTS) is 1. The van der Waals surface area contributed by atoms with Gasteiger partial charge >= 0.3 is 24.2 Å². The molecule has 4 aliphatic rings. The average Bonchev–Trinajstić information content (AvgIpc) is 4.05. The first kappa shape index (κ1) is 49.6. The second-order valence-electron chi connectivity index (χ2n) is 18.3. The van der Waals surface area contributed by atoms with E-state index in [1.807, 2.05) is 118 Å². The minimum Gasteiger partial charge on any atom is -0.480 e. The summed E-state index contributed by atoms with van der Waals surface area (Å²) >= 11 is -5.13. The van der Waals surface area contributed by atoms with Gasteiger partial charge in [-0.2, -0.15) is 4.39 Å². The molecule has 0 spiro atoms. The molecule has 2 heterocycles. The topological polar surface area (TPSA) is 113 Å². The quantitative estimate of drug-likeness (QED) is 0.128. The summed E-state index contributed by atoms with van der Waals surface area (Å²) in [6, 6.07) is 30.7. The number of fused-ring (bicyclic) bond motifs is 6. The number of hydrogen-bond donors (Lipinski definition) is 1. The van der Waals surface area contributed by atoms with Crippen molar-refractivity contribution in [2.45, 2.75) is 94.0 Å². The Hall–Kier alpha value is -6.29. The van der Waals surface area contributed by atoms with Gasteiger partial charge in [0.2, 0.25) is 11.2 Å². The minimum atomic E-state index is -5.13. The standard InChI is InChI=1S/C20H17F2NO3.C20H18FNO4.C12H17F3S/c21-12-9-18(19(22)24)23(10-12)20(25)26-11-17-15-7-3-1-5-13(15)14-6-2-4-8-16(14)17;21-12-9-18(19(23)24)22(10-12)20(25)26-11-17-15-7-3-1-5-13(15)14-6-2-4-8-16(14)17;1-8-6-10(12(3,4)5)7-9(2)11(8)16(13,14)15/h1-8,12,17-18H,9-11H2;1-8,12,17-18H,9-11H2,(H,23,24);6-7H,1-5H3/t2*12-,18+;/m11./s1. The van der Waals surface area contributed by atoms with Gasteiger partial charge in [-0.15, -0.1) is 11.7 Å². The first-order chi connectivity index (χ1) is 32.1. The van der Waals surface area contributed by atoms with Gasteiger partial charge in [0, 0.05) is 24.7 Å². The first-order valence-corrected chi connectivity index (χ1v) is 23.5. The Labute approximate surface area is 393 Å². The number of rotatable bonds is 7. The third kappa shape index (κ3) is 10.5. The van der Waals surface area contributed by atoms with Crippen LogP contribution in [0.3, 0.4) is 0 Å². The first-order valence-electron chi connectivity index (χ1n) is 22.1. The zero-order chi connectivity index (χ0) is 49.2. The highest BCUT2D eigenvalue weighted by molar-refractivity contribution is 8.21. The molecule has 9 rings (SSSR count). The number of nitrogens with zero attached hydrogens (tertiary/aromatic N) is 2. The Balaban J connectivity index is 0.000000156. The second-order valence-corrected chi connectivity index (χ2v) is 19.6. The lowest BCUT2D eigenvalue weighted by molar-refractivity contribution is -0.141. The lowest BCUT2D eigenvalue weighted by Crippen LogP contribution is -2.41.